The van der Waals surface area contributed by atoms with Crippen LogP contribution in [0, 0.1) is 40.4 Å². The minimum Gasteiger partial charge on any atom is -0.0810 e. The third-order valence-corrected chi connectivity index (χ3v) is 7.31. The Morgan fingerprint density at radius 1 is 1.19 bits per heavy atom. The van der Waals surface area contributed by atoms with Crippen LogP contribution in [0.5, 0.6) is 0 Å². The molecule has 0 aromatic rings. The van der Waals surface area contributed by atoms with Gasteiger partial charge in [-0.1, -0.05) is 71.8 Å². The lowest BCUT2D eigenvalue weighted by Crippen LogP contribution is -2.50. The van der Waals surface area contributed by atoms with E-state index >= 15 is 0 Å². The average molecular weight is 287 g/mol. The van der Waals surface area contributed by atoms with Gasteiger partial charge in [0.25, 0.3) is 0 Å². The van der Waals surface area contributed by atoms with Crippen LogP contribution in [0.25, 0.3) is 0 Å². The van der Waals surface area contributed by atoms with Gasteiger partial charge in [0.15, 0.2) is 0 Å². The maximum Gasteiger partial charge on any atom is 0.00965 e. The van der Waals surface area contributed by atoms with E-state index in [1.165, 1.54) is 25.7 Å². The van der Waals surface area contributed by atoms with E-state index in [4.69, 9.17) is 0 Å². The normalized spacial score (nSPS) is 48.3. The van der Waals surface area contributed by atoms with E-state index < -0.39 is 0 Å². The number of hydrogen-bond donors (Lipinski definition) is 0. The van der Waals surface area contributed by atoms with E-state index in [-0.39, 0.29) is 0 Å². The lowest BCUT2D eigenvalue weighted by molar-refractivity contribution is -0.0374. The van der Waals surface area contributed by atoms with E-state index in [9.17, 15) is 0 Å². The van der Waals surface area contributed by atoms with Gasteiger partial charge < -0.3 is 0 Å². The SMILES string of the molecule is CCC1C2CC(C)C3=CC(C)C=CC3(C)C2CCC1(C)C. The molecule has 0 saturated heterocycles. The summed E-state index contributed by atoms with van der Waals surface area (Å²) in [6.45, 7) is 14.8. The molecule has 3 rings (SSSR count). The first-order valence-electron chi connectivity index (χ1n) is 9.21. The zero-order valence-corrected chi connectivity index (χ0v) is 14.9. The zero-order valence-electron chi connectivity index (χ0n) is 14.9. The lowest BCUT2D eigenvalue weighted by Gasteiger charge is -2.59. The Morgan fingerprint density at radius 3 is 2.57 bits per heavy atom. The Morgan fingerprint density at radius 2 is 1.90 bits per heavy atom. The summed E-state index contributed by atoms with van der Waals surface area (Å²) in [5.41, 5.74) is 2.64. The molecule has 0 nitrogen and oxygen atoms in total. The van der Waals surface area contributed by atoms with Crippen LogP contribution in [-0.4, -0.2) is 0 Å². The highest BCUT2D eigenvalue weighted by Crippen LogP contribution is 2.62. The Kier molecular flexibility index (Phi) is 3.66. The van der Waals surface area contributed by atoms with Crippen molar-refractivity contribution in [3.05, 3.63) is 23.8 Å². The van der Waals surface area contributed by atoms with Crippen LogP contribution in [0.1, 0.15) is 67.2 Å². The largest absolute Gasteiger partial charge is 0.0810 e. The summed E-state index contributed by atoms with van der Waals surface area (Å²) in [6.07, 6.45) is 13.2. The summed E-state index contributed by atoms with van der Waals surface area (Å²) >= 11 is 0. The molecule has 0 spiro atoms. The molecule has 2 saturated carbocycles. The predicted octanol–water partition coefficient (Wildman–Crippen LogP) is 6.24. The fourth-order valence-electron chi connectivity index (χ4n) is 6.25. The van der Waals surface area contributed by atoms with Crippen molar-refractivity contribution in [1.29, 1.82) is 0 Å². The van der Waals surface area contributed by atoms with Gasteiger partial charge in [-0.25, -0.2) is 0 Å². The first kappa shape index (κ1) is 15.4. The molecular formula is C21H34. The Bertz CT molecular complexity index is 466. The highest BCUT2D eigenvalue weighted by Gasteiger charge is 2.53. The van der Waals surface area contributed by atoms with Crippen LogP contribution in [0.15, 0.2) is 23.8 Å². The molecule has 0 bridgehead atoms. The van der Waals surface area contributed by atoms with E-state index in [0.29, 0.717) is 16.7 Å². The van der Waals surface area contributed by atoms with Gasteiger partial charge in [-0.2, -0.15) is 0 Å². The van der Waals surface area contributed by atoms with Gasteiger partial charge in [0.05, 0.1) is 0 Å². The van der Waals surface area contributed by atoms with Crippen molar-refractivity contribution < 1.29 is 0 Å². The molecule has 118 valence electrons. The Hall–Kier alpha value is -0.520. The minimum atomic E-state index is 0.346. The molecule has 0 heterocycles. The van der Waals surface area contributed by atoms with Crippen LogP contribution in [0.3, 0.4) is 0 Å². The van der Waals surface area contributed by atoms with Crippen molar-refractivity contribution in [3.8, 4) is 0 Å². The fourth-order valence-corrected chi connectivity index (χ4v) is 6.25. The van der Waals surface area contributed by atoms with E-state index in [2.05, 4.69) is 59.8 Å². The molecule has 21 heavy (non-hydrogen) atoms. The molecule has 0 radical (unpaired) electrons. The fraction of sp³-hybridized carbons (Fsp3) is 0.810. The quantitative estimate of drug-likeness (QED) is 0.500. The number of fused-ring (bicyclic) bond motifs is 3. The molecular weight excluding hydrogens is 252 g/mol. The topological polar surface area (TPSA) is 0 Å². The molecule has 6 atom stereocenters. The summed E-state index contributed by atoms with van der Waals surface area (Å²) in [5, 5.41) is 0. The standard InChI is InChI=1S/C21H34/c1-7-17-16-13-15(3)19-12-14(2)8-11-21(19,6)18(16)9-10-20(17,4)5/h8,11-12,14-18H,7,9-10,13H2,1-6H3. The third-order valence-electron chi connectivity index (χ3n) is 7.31. The zero-order chi connectivity index (χ0) is 15.4. The maximum absolute atomic E-state index is 2.59. The van der Waals surface area contributed by atoms with Gasteiger partial charge in [0.1, 0.15) is 0 Å². The third kappa shape index (κ3) is 2.25. The van der Waals surface area contributed by atoms with E-state index in [1.807, 2.05) is 0 Å². The number of allylic oxidation sites excluding steroid dienone is 4. The number of rotatable bonds is 1. The summed E-state index contributed by atoms with van der Waals surface area (Å²) in [5.74, 6) is 4.11. The Balaban J connectivity index is 2.00. The molecule has 0 aromatic heterocycles. The summed E-state index contributed by atoms with van der Waals surface area (Å²) in [6, 6.07) is 0. The summed E-state index contributed by atoms with van der Waals surface area (Å²) < 4.78 is 0. The second-order valence-corrected chi connectivity index (χ2v) is 9.07. The van der Waals surface area contributed by atoms with Gasteiger partial charge in [-0.05, 0) is 54.3 Å². The van der Waals surface area contributed by atoms with Crippen molar-refractivity contribution in [2.75, 3.05) is 0 Å². The summed E-state index contributed by atoms with van der Waals surface area (Å²) in [7, 11) is 0. The van der Waals surface area contributed by atoms with Gasteiger partial charge in [-0.15, -0.1) is 0 Å². The minimum absolute atomic E-state index is 0.346. The molecule has 2 fully saturated rings. The second kappa shape index (κ2) is 5.00. The molecule has 0 aromatic carbocycles. The second-order valence-electron chi connectivity index (χ2n) is 9.07. The first-order valence-corrected chi connectivity index (χ1v) is 9.21. The van der Waals surface area contributed by atoms with Crippen molar-refractivity contribution >= 4 is 0 Å². The Labute approximate surface area is 132 Å². The van der Waals surface area contributed by atoms with Gasteiger partial charge >= 0.3 is 0 Å². The van der Waals surface area contributed by atoms with Crippen LogP contribution in [0.2, 0.25) is 0 Å². The van der Waals surface area contributed by atoms with E-state index in [0.717, 1.165) is 23.7 Å². The summed E-state index contributed by atoms with van der Waals surface area (Å²) in [4.78, 5) is 0. The molecule has 0 amide bonds. The predicted molar refractivity (Wildman–Crippen MR) is 92.1 cm³/mol. The molecule has 0 N–H and O–H groups in total. The average Bonchev–Trinajstić information content (AvgIpc) is 2.40. The monoisotopic (exact) mass is 286 g/mol. The highest BCUT2D eigenvalue weighted by atomic mass is 14.6. The first-order chi connectivity index (χ1) is 9.79. The van der Waals surface area contributed by atoms with Crippen molar-refractivity contribution in [1.82, 2.24) is 0 Å². The highest BCUT2D eigenvalue weighted by molar-refractivity contribution is 5.34. The molecule has 3 aliphatic rings. The van der Waals surface area contributed by atoms with Gasteiger partial charge in [0, 0.05) is 5.41 Å². The number of hydrogen-bond acceptors (Lipinski definition) is 0. The molecule has 0 heteroatoms. The van der Waals surface area contributed by atoms with Gasteiger partial charge in [0.2, 0.25) is 0 Å². The molecule has 0 aliphatic heterocycles. The molecule has 3 aliphatic carbocycles. The molecule has 6 unspecified atom stereocenters. The van der Waals surface area contributed by atoms with Crippen LogP contribution in [0.4, 0.5) is 0 Å². The van der Waals surface area contributed by atoms with Crippen molar-refractivity contribution in [2.45, 2.75) is 67.2 Å². The maximum atomic E-state index is 2.59. The van der Waals surface area contributed by atoms with Crippen molar-refractivity contribution in [3.63, 3.8) is 0 Å². The van der Waals surface area contributed by atoms with Crippen molar-refractivity contribution in [2.24, 2.45) is 40.4 Å². The van der Waals surface area contributed by atoms with Crippen LogP contribution < -0.4 is 0 Å². The van der Waals surface area contributed by atoms with Crippen LogP contribution in [-0.2, 0) is 0 Å². The van der Waals surface area contributed by atoms with Crippen LogP contribution >= 0.6 is 0 Å². The van der Waals surface area contributed by atoms with E-state index in [1.54, 1.807) is 5.57 Å². The van der Waals surface area contributed by atoms with Gasteiger partial charge in [-0.3, -0.25) is 0 Å². The smallest absolute Gasteiger partial charge is 0.00965 e. The lowest BCUT2D eigenvalue weighted by atomic mass is 9.46.